The molecule has 0 bridgehead atoms. The van der Waals surface area contributed by atoms with Gasteiger partial charge < -0.3 is 4.74 Å². The Kier molecular flexibility index (Phi) is 4.96. The number of rotatable bonds is 5. The van der Waals surface area contributed by atoms with Crippen molar-refractivity contribution < 1.29 is 13.2 Å². The first-order valence-electron chi connectivity index (χ1n) is 7.45. The minimum Gasteiger partial charge on any atom is -0.493 e. The fraction of sp³-hybridized carbons (Fsp3) is 0.111. The van der Waals surface area contributed by atoms with Gasteiger partial charge in [-0.3, -0.25) is 4.72 Å². The fourth-order valence-electron chi connectivity index (χ4n) is 2.50. The third-order valence-corrected chi connectivity index (χ3v) is 5.92. The number of sulfonamides is 1. The topological polar surface area (TPSA) is 55.4 Å². The van der Waals surface area contributed by atoms with Gasteiger partial charge in [0.15, 0.2) is 0 Å². The molecule has 0 aliphatic carbocycles. The number of fused-ring (bicyclic) bond motifs is 1. The van der Waals surface area contributed by atoms with Crippen molar-refractivity contribution in [2.24, 2.45) is 0 Å². The molecule has 4 nitrogen and oxygen atoms in total. The summed E-state index contributed by atoms with van der Waals surface area (Å²) in [6.45, 7) is 2.43. The highest BCUT2D eigenvalue weighted by atomic mass is 127. The summed E-state index contributed by atoms with van der Waals surface area (Å²) < 4.78 is 34.9. The SMILES string of the molecule is CCOc1ccc(S(=O)(=O)Nc2ccccc2I)c2ccccc12. The fourth-order valence-corrected chi connectivity index (χ4v) is 4.50. The van der Waals surface area contributed by atoms with Gasteiger partial charge >= 0.3 is 0 Å². The van der Waals surface area contributed by atoms with Crippen LogP contribution in [-0.2, 0) is 10.0 Å². The molecule has 0 radical (unpaired) electrons. The van der Waals surface area contributed by atoms with Gasteiger partial charge in [-0.25, -0.2) is 8.42 Å². The Morgan fingerprint density at radius 3 is 2.33 bits per heavy atom. The predicted octanol–water partition coefficient (Wildman–Crippen LogP) is 4.64. The maximum atomic E-state index is 12.9. The van der Waals surface area contributed by atoms with Gasteiger partial charge in [0, 0.05) is 14.3 Å². The van der Waals surface area contributed by atoms with Crippen LogP contribution in [0.2, 0.25) is 0 Å². The molecule has 6 heteroatoms. The summed E-state index contributed by atoms with van der Waals surface area (Å²) in [5.74, 6) is 0.682. The largest absolute Gasteiger partial charge is 0.493 e. The molecule has 124 valence electrons. The lowest BCUT2D eigenvalue weighted by Crippen LogP contribution is -2.14. The van der Waals surface area contributed by atoms with E-state index in [4.69, 9.17) is 4.74 Å². The van der Waals surface area contributed by atoms with E-state index in [1.54, 1.807) is 30.3 Å². The van der Waals surface area contributed by atoms with Crippen LogP contribution in [0, 0.1) is 3.57 Å². The van der Waals surface area contributed by atoms with Gasteiger partial charge in [0.1, 0.15) is 5.75 Å². The normalized spacial score (nSPS) is 11.4. The van der Waals surface area contributed by atoms with Gasteiger partial charge in [0.2, 0.25) is 0 Å². The van der Waals surface area contributed by atoms with Crippen LogP contribution < -0.4 is 9.46 Å². The van der Waals surface area contributed by atoms with E-state index in [2.05, 4.69) is 27.3 Å². The van der Waals surface area contributed by atoms with Crippen LogP contribution in [0.15, 0.2) is 65.6 Å². The quantitative estimate of drug-likeness (QED) is 0.573. The maximum absolute atomic E-state index is 12.9. The molecular weight excluding hydrogens is 437 g/mol. The first kappa shape index (κ1) is 17.0. The average molecular weight is 453 g/mol. The molecule has 3 rings (SSSR count). The molecule has 0 spiro atoms. The Bertz CT molecular complexity index is 986. The van der Waals surface area contributed by atoms with Crippen molar-refractivity contribution in [2.45, 2.75) is 11.8 Å². The van der Waals surface area contributed by atoms with Crippen LogP contribution >= 0.6 is 22.6 Å². The number of ether oxygens (including phenoxy) is 1. The number of nitrogens with one attached hydrogen (secondary N) is 1. The Hall–Kier alpha value is -1.80. The second-order valence-corrected chi connectivity index (χ2v) is 7.94. The van der Waals surface area contributed by atoms with Crippen LogP contribution in [0.5, 0.6) is 5.75 Å². The molecule has 0 aromatic heterocycles. The summed E-state index contributed by atoms with van der Waals surface area (Å²) in [5, 5.41) is 1.42. The highest BCUT2D eigenvalue weighted by molar-refractivity contribution is 14.1. The van der Waals surface area contributed by atoms with E-state index >= 15 is 0 Å². The Morgan fingerprint density at radius 1 is 0.958 bits per heavy atom. The molecular formula is C18H16INO3S. The average Bonchev–Trinajstić information content (AvgIpc) is 2.57. The second kappa shape index (κ2) is 6.98. The van der Waals surface area contributed by atoms with E-state index < -0.39 is 10.0 Å². The highest BCUT2D eigenvalue weighted by Gasteiger charge is 2.20. The molecule has 1 N–H and O–H groups in total. The van der Waals surface area contributed by atoms with E-state index in [0.29, 0.717) is 23.4 Å². The van der Waals surface area contributed by atoms with Gasteiger partial charge in [-0.2, -0.15) is 0 Å². The minimum absolute atomic E-state index is 0.237. The van der Waals surface area contributed by atoms with Gasteiger partial charge in [0.05, 0.1) is 17.2 Å². The first-order valence-corrected chi connectivity index (χ1v) is 10.0. The predicted molar refractivity (Wildman–Crippen MR) is 105 cm³/mol. The van der Waals surface area contributed by atoms with Gasteiger partial charge in [-0.15, -0.1) is 0 Å². The van der Waals surface area contributed by atoms with E-state index in [-0.39, 0.29) is 4.90 Å². The van der Waals surface area contributed by atoms with Crippen LogP contribution in [0.3, 0.4) is 0 Å². The summed E-state index contributed by atoms with van der Waals surface area (Å²) in [5.41, 5.74) is 0.566. The molecule has 0 atom stereocenters. The van der Waals surface area contributed by atoms with Gasteiger partial charge in [0.25, 0.3) is 10.0 Å². The number of para-hydroxylation sites is 1. The molecule has 3 aromatic carbocycles. The molecule has 0 heterocycles. The van der Waals surface area contributed by atoms with Crippen LogP contribution in [0.4, 0.5) is 5.69 Å². The van der Waals surface area contributed by atoms with Crippen molar-refractivity contribution in [2.75, 3.05) is 11.3 Å². The zero-order valence-electron chi connectivity index (χ0n) is 13.0. The number of halogens is 1. The summed E-state index contributed by atoms with van der Waals surface area (Å²) in [7, 11) is -3.70. The lowest BCUT2D eigenvalue weighted by atomic mass is 10.1. The smallest absolute Gasteiger partial charge is 0.262 e. The molecule has 0 aliphatic heterocycles. The maximum Gasteiger partial charge on any atom is 0.262 e. The number of hydrogen-bond acceptors (Lipinski definition) is 3. The van der Waals surface area contributed by atoms with E-state index in [9.17, 15) is 8.42 Å². The van der Waals surface area contributed by atoms with Crippen LogP contribution in [0.1, 0.15) is 6.92 Å². The summed E-state index contributed by atoms with van der Waals surface area (Å²) in [4.78, 5) is 0.237. The van der Waals surface area contributed by atoms with Crippen LogP contribution in [-0.4, -0.2) is 15.0 Å². The van der Waals surface area contributed by atoms with Crippen molar-refractivity contribution in [3.05, 3.63) is 64.2 Å². The van der Waals surface area contributed by atoms with Crippen molar-refractivity contribution in [3.8, 4) is 5.75 Å². The van der Waals surface area contributed by atoms with Crippen molar-refractivity contribution in [3.63, 3.8) is 0 Å². The van der Waals surface area contributed by atoms with Crippen LogP contribution in [0.25, 0.3) is 10.8 Å². The van der Waals surface area contributed by atoms with Crippen molar-refractivity contribution >= 4 is 49.1 Å². The lowest BCUT2D eigenvalue weighted by Gasteiger charge is -2.14. The first-order chi connectivity index (χ1) is 11.5. The molecule has 0 saturated heterocycles. The molecule has 0 aliphatic rings. The molecule has 0 unspecified atom stereocenters. The molecule has 0 fully saturated rings. The number of anilines is 1. The molecule has 3 aromatic rings. The summed E-state index contributed by atoms with van der Waals surface area (Å²) in [6.07, 6.45) is 0. The summed E-state index contributed by atoms with van der Waals surface area (Å²) in [6, 6.07) is 17.9. The molecule has 24 heavy (non-hydrogen) atoms. The van der Waals surface area contributed by atoms with E-state index in [1.807, 2.05) is 37.3 Å². The summed E-state index contributed by atoms with van der Waals surface area (Å²) >= 11 is 2.11. The molecule has 0 amide bonds. The Labute approximate surface area is 155 Å². The van der Waals surface area contributed by atoms with Crippen molar-refractivity contribution in [1.82, 2.24) is 0 Å². The standard InChI is InChI=1S/C18H16INO3S/c1-2-23-17-11-12-18(14-8-4-3-7-13(14)17)24(21,22)20-16-10-6-5-9-15(16)19/h3-12,20H,2H2,1H3. The van der Waals surface area contributed by atoms with Gasteiger partial charge in [-0.05, 0) is 53.8 Å². The third kappa shape index (κ3) is 3.34. The zero-order chi connectivity index (χ0) is 17.2. The van der Waals surface area contributed by atoms with Gasteiger partial charge in [-0.1, -0.05) is 36.4 Å². The number of benzene rings is 3. The zero-order valence-corrected chi connectivity index (χ0v) is 16.0. The van der Waals surface area contributed by atoms with Crippen molar-refractivity contribution in [1.29, 1.82) is 0 Å². The Balaban J connectivity index is 2.12. The minimum atomic E-state index is -3.70. The second-order valence-electron chi connectivity index (χ2n) is 5.13. The lowest BCUT2D eigenvalue weighted by molar-refractivity contribution is 0.344. The number of hydrogen-bond donors (Lipinski definition) is 1. The monoisotopic (exact) mass is 453 g/mol. The van der Waals surface area contributed by atoms with E-state index in [1.165, 1.54) is 0 Å². The molecule has 0 saturated carbocycles. The van der Waals surface area contributed by atoms with E-state index in [0.717, 1.165) is 8.96 Å². The third-order valence-electron chi connectivity index (χ3n) is 3.55. The Morgan fingerprint density at radius 2 is 1.62 bits per heavy atom. The highest BCUT2D eigenvalue weighted by Crippen LogP contribution is 2.32.